The fraction of sp³-hybridized carbons (Fsp3) is 0.316. The van der Waals surface area contributed by atoms with Crippen LogP contribution in [0.3, 0.4) is 0 Å². The largest absolute Gasteiger partial charge is 0.497 e. The van der Waals surface area contributed by atoms with E-state index in [1.807, 2.05) is 49.5 Å². The highest BCUT2D eigenvalue weighted by Gasteiger charge is 2.34. The Morgan fingerprint density at radius 1 is 1.24 bits per heavy atom. The Labute approximate surface area is 160 Å². The number of anilines is 1. The Hall–Kier alpha value is -1.66. The molecule has 1 aliphatic rings. The van der Waals surface area contributed by atoms with Crippen molar-refractivity contribution in [2.24, 2.45) is 0 Å². The molecule has 0 saturated carbocycles. The van der Waals surface area contributed by atoms with Crippen LogP contribution in [-0.2, 0) is 4.79 Å². The Balaban J connectivity index is 1.98. The standard InChI is InChI=1S/C19H20BrNO3S/c1-21-15-6-3-4-7-17(15)25-18(19(21)22)14-12-13(23-2)8-9-16(14)24-11-5-10-20/h3-4,6-9,12,18H,5,10-11H2,1-2H3/t18-/m1/s1. The number of hydrogen-bond donors (Lipinski definition) is 0. The minimum Gasteiger partial charge on any atom is -0.497 e. The van der Waals surface area contributed by atoms with Gasteiger partial charge >= 0.3 is 0 Å². The van der Waals surface area contributed by atoms with Crippen LogP contribution in [0.25, 0.3) is 0 Å². The van der Waals surface area contributed by atoms with Crippen molar-refractivity contribution < 1.29 is 14.3 Å². The van der Waals surface area contributed by atoms with E-state index in [1.165, 1.54) is 0 Å². The number of carbonyl (C=O) groups excluding carboxylic acids is 1. The average Bonchev–Trinajstić information content (AvgIpc) is 2.65. The number of ether oxygens (including phenoxy) is 2. The quantitative estimate of drug-likeness (QED) is 0.501. The summed E-state index contributed by atoms with van der Waals surface area (Å²) in [5.74, 6) is 1.50. The number of amides is 1. The van der Waals surface area contributed by atoms with E-state index < -0.39 is 0 Å². The smallest absolute Gasteiger partial charge is 0.244 e. The summed E-state index contributed by atoms with van der Waals surface area (Å²) in [6.07, 6.45) is 0.903. The molecular formula is C19H20BrNO3S. The normalized spacial score (nSPS) is 16.5. The molecule has 1 heterocycles. The van der Waals surface area contributed by atoms with E-state index in [9.17, 15) is 4.79 Å². The maximum absolute atomic E-state index is 13.0. The van der Waals surface area contributed by atoms with Crippen LogP contribution in [0.2, 0.25) is 0 Å². The Morgan fingerprint density at radius 3 is 2.80 bits per heavy atom. The van der Waals surface area contributed by atoms with E-state index in [-0.39, 0.29) is 11.2 Å². The van der Waals surface area contributed by atoms with Gasteiger partial charge in [0.1, 0.15) is 16.7 Å². The molecule has 132 valence electrons. The van der Waals surface area contributed by atoms with Crippen molar-refractivity contribution in [2.75, 3.05) is 31.0 Å². The number of nitrogens with zero attached hydrogens (tertiary/aromatic N) is 1. The number of fused-ring (bicyclic) bond motifs is 1. The molecule has 0 spiro atoms. The van der Waals surface area contributed by atoms with E-state index >= 15 is 0 Å². The molecule has 1 amide bonds. The molecular weight excluding hydrogens is 402 g/mol. The minimum atomic E-state index is -0.353. The van der Waals surface area contributed by atoms with Crippen molar-refractivity contribution in [1.82, 2.24) is 0 Å². The second-order valence-electron chi connectivity index (χ2n) is 5.66. The molecule has 0 fully saturated rings. The monoisotopic (exact) mass is 421 g/mol. The van der Waals surface area contributed by atoms with Gasteiger partial charge in [-0.2, -0.15) is 0 Å². The minimum absolute atomic E-state index is 0.0438. The fourth-order valence-electron chi connectivity index (χ4n) is 2.73. The van der Waals surface area contributed by atoms with E-state index in [0.29, 0.717) is 6.61 Å². The first kappa shape index (κ1) is 18.1. The SMILES string of the molecule is COc1ccc(OCCCBr)c([C@H]2Sc3ccccc3N(C)C2=O)c1. The van der Waals surface area contributed by atoms with E-state index in [1.54, 1.807) is 23.8 Å². The van der Waals surface area contributed by atoms with Gasteiger partial charge in [-0.25, -0.2) is 0 Å². The lowest BCUT2D eigenvalue weighted by atomic mass is 10.1. The van der Waals surface area contributed by atoms with Crippen LogP contribution in [0.5, 0.6) is 11.5 Å². The highest BCUT2D eigenvalue weighted by atomic mass is 79.9. The van der Waals surface area contributed by atoms with Crippen molar-refractivity contribution in [3.8, 4) is 11.5 Å². The van der Waals surface area contributed by atoms with Gasteiger partial charge in [-0.3, -0.25) is 4.79 Å². The lowest BCUT2D eigenvalue weighted by Crippen LogP contribution is -2.33. The molecule has 1 aliphatic heterocycles. The molecule has 0 aliphatic carbocycles. The van der Waals surface area contributed by atoms with Gasteiger partial charge in [0.25, 0.3) is 0 Å². The summed E-state index contributed by atoms with van der Waals surface area (Å²) in [5, 5.41) is 0.528. The van der Waals surface area contributed by atoms with Gasteiger partial charge in [0.15, 0.2) is 0 Å². The first-order valence-corrected chi connectivity index (χ1v) is 10.1. The topological polar surface area (TPSA) is 38.8 Å². The summed E-state index contributed by atoms with van der Waals surface area (Å²) < 4.78 is 11.3. The molecule has 2 aromatic carbocycles. The second-order valence-corrected chi connectivity index (χ2v) is 7.60. The van der Waals surface area contributed by atoms with Crippen LogP contribution < -0.4 is 14.4 Å². The van der Waals surface area contributed by atoms with Crippen molar-refractivity contribution >= 4 is 39.3 Å². The summed E-state index contributed by atoms with van der Waals surface area (Å²) in [7, 11) is 3.45. The highest BCUT2D eigenvalue weighted by Crippen LogP contribution is 2.48. The van der Waals surface area contributed by atoms with Crippen molar-refractivity contribution in [3.05, 3.63) is 48.0 Å². The number of methoxy groups -OCH3 is 1. The van der Waals surface area contributed by atoms with Crippen LogP contribution in [0, 0.1) is 0 Å². The van der Waals surface area contributed by atoms with Crippen molar-refractivity contribution in [2.45, 2.75) is 16.6 Å². The van der Waals surface area contributed by atoms with Crippen LogP contribution in [-0.4, -0.2) is 32.0 Å². The Morgan fingerprint density at radius 2 is 2.04 bits per heavy atom. The van der Waals surface area contributed by atoms with E-state index in [0.717, 1.165) is 39.4 Å². The molecule has 0 unspecified atom stereocenters. The zero-order valence-corrected chi connectivity index (χ0v) is 16.6. The van der Waals surface area contributed by atoms with Gasteiger partial charge < -0.3 is 14.4 Å². The predicted molar refractivity (Wildman–Crippen MR) is 105 cm³/mol. The molecule has 25 heavy (non-hydrogen) atoms. The molecule has 0 bridgehead atoms. The highest BCUT2D eigenvalue weighted by molar-refractivity contribution is 9.09. The average molecular weight is 422 g/mol. The summed E-state index contributed by atoms with van der Waals surface area (Å²) >= 11 is 4.97. The van der Waals surface area contributed by atoms with Crippen LogP contribution in [0.1, 0.15) is 17.2 Å². The van der Waals surface area contributed by atoms with Gasteiger partial charge in [-0.1, -0.05) is 28.1 Å². The predicted octanol–water partition coefficient (Wildman–Crippen LogP) is 4.67. The van der Waals surface area contributed by atoms with Crippen LogP contribution in [0.4, 0.5) is 5.69 Å². The lowest BCUT2D eigenvalue weighted by Gasteiger charge is -2.32. The summed E-state index contributed by atoms with van der Waals surface area (Å²) in [4.78, 5) is 15.8. The number of halogens is 1. The number of hydrogen-bond acceptors (Lipinski definition) is 4. The van der Waals surface area contributed by atoms with Gasteiger partial charge in [0.2, 0.25) is 5.91 Å². The molecule has 3 rings (SSSR count). The van der Waals surface area contributed by atoms with E-state index in [4.69, 9.17) is 9.47 Å². The lowest BCUT2D eigenvalue weighted by molar-refractivity contribution is -0.118. The molecule has 4 nitrogen and oxygen atoms in total. The molecule has 0 N–H and O–H groups in total. The maximum Gasteiger partial charge on any atom is 0.244 e. The molecule has 6 heteroatoms. The Kier molecular flexibility index (Phi) is 5.91. The number of para-hydroxylation sites is 1. The fourth-order valence-corrected chi connectivity index (χ4v) is 4.26. The van der Waals surface area contributed by atoms with Gasteiger partial charge in [-0.15, -0.1) is 11.8 Å². The number of benzene rings is 2. The van der Waals surface area contributed by atoms with Gasteiger partial charge in [0.05, 0.1) is 19.4 Å². The van der Waals surface area contributed by atoms with Crippen molar-refractivity contribution in [1.29, 1.82) is 0 Å². The third kappa shape index (κ3) is 3.80. The number of alkyl halides is 1. The van der Waals surface area contributed by atoms with Crippen LogP contribution in [0.15, 0.2) is 47.4 Å². The summed E-state index contributed by atoms with van der Waals surface area (Å²) in [6.45, 7) is 0.600. The third-order valence-electron chi connectivity index (χ3n) is 4.06. The zero-order valence-electron chi connectivity index (χ0n) is 14.2. The zero-order chi connectivity index (χ0) is 17.8. The maximum atomic E-state index is 13.0. The summed E-state index contributed by atoms with van der Waals surface area (Å²) in [5.41, 5.74) is 1.80. The Bertz CT molecular complexity index is 768. The third-order valence-corrected chi connectivity index (χ3v) is 5.91. The number of likely N-dealkylation sites (N-methyl/N-ethyl adjacent to an activating group) is 1. The first-order valence-electron chi connectivity index (χ1n) is 8.05. The number of carbonyl (C=O) groups is 1. The van der Waals surface area contributed by atoms with Gasteiger partial charge in [0, 0.05) is 22.8 Å². The molecule has 0 aromatic heterocycles. The first-order chi connectivity index (χ1) is 12.2. The molecule has 2 aromatic rings. The number of rotatable bonds is 6. The van der Waals surface area contributed by atoms with Crippen LogP contribution >= 0.6 is 27.7 Å². The molecule has 0 saturated heterocycles. The number of thioether (sulfide) groups is 1. The van der Waals surface area contributed by atoms with E-state index in [2.05, 4.69) is 15.9 Å². The van der Waals surface area contributed by atoms with Crippen molar-refractivity contribution in [3.63, 3.8) is 0 Å². The summed E-state index contributed by atoms with van der Waals surface area (Å²) in [6, 6.07) is 13.6. The molecule has 0 radical (unpaired) electrons. The molecule has 1 atom stereocenters. The second kappa shape index (κ2) is 8.15. The van der Waals surface area contributed by atoms with Gasteiger partial charge in [-0.05, 0) is 36.8 Å².